The van der Waals surface area contributed by atoms with E-state index in [-0.39, 0.29) is 17.5 Å². The maximum atomic E-state index is 13.5. The molecule has 1 aliphatic carbocycles. The number of Topliss-reactive ketones (excluding diaryl/α,β-unsaturated/α-hetero) is 1. The highest BCUT2D eigenvalue weighted by atomic mass is 16.5. The summed E-state index contributed by atoms with van der Waals surface area (Å²) in [7, 11) is 0. The molecule has 1 heterocycles. The van der Waals surface area contributed by atoms with Crippen molar-refractivity contribution in [3.05, 3.63) is 95.2 Å². The topological polar surface area (TPSA) is 70.6 Å². The van der Waals surface area contributed by atoms with Gasteiger partial charge >= 0.3 is 0 Å². The molecule has 5 heteroatoms. The molecule has 32 heavy (non-hydrogen) atoms. The largest absolute Gasteiger partial charge is 0.508 e. The minimum atomic E-state index is -0.420. The van der Waals surface area contributed by atoms with Gasteiger partial charge in [0.2, 0.25) is 0 Å². The van der Waals surface area contributed by atoms with Crippen LogP contribution >= 0.6 is 0 Å². The highest BCUT2D eigenvalue weighted by molar-refractivity contribution is 6.01. The number of phenols is 1. The zero-order valence-electron chi connectivity index (χ0n) is 18.0. The number of carbonyl (C=O) groups is 1. The standard InChI is InChI=1S/C27H26N2O3/c1-2-32-19-13-11-17(12-14-19)18-15-23-26(25(31)16-18)27(20-7-3-6-10-24(20)30)29-22-9-5-4-8-21(22)28-23/h3-14,18,27-30H,2,15-16H2,1H3. The van der Waals surface area contributed by atoms with Crippen molar-refractivity contribution in [1.82, 2.24) is 0 Å². The van der Waals surface area contributed by atoms with Crippen molar-refractivity contribution >= 4 is 17.2 Å². The summed E-state index contributed by atoms with van der Waals surface area (Å²) in [5, 5.41) is 17.6. The van der Waals surface area contributed by atoms with Gasteiger partial charge < -0.3 is 20.5 Å². The molecule has 0 radical (unpaired) electrons. The third-order valence-corrected chi connectivity index (χ3v) is 6.22. The van der Waals surface area contributed by atoms with Crippen molar-refractivity contribution in [1.29, 1.82) is 0 Å². The number of para-hydroxylation sites is 3. The molecule has 0 aromatic heterocycles. The molecular formula is C27H26N2O3. The van der Waals surface area contributed by atoms with Crippen LogP contribution in [0.15, 0.2) is 84.1 Å². The van der Waals surface area contributed by atoms with Crippen LogP contribution in [0.5, 0.6) is 11.5 Å². The molecule has 0 amide bonds. The molecule has 0 spiro atoms. The minimum Gasteiger partial charge on any atom is -0.508 e. The fourth-order valence-electron chi connectivity index (χ4n) is 4.70. The Balaban J connectivity index is 1.56. The summed E-state index contributed by atoms with van der Waals surface area (Å²) in [6.45, 7) is 2.59. The van der Waals surface area contributed by atoms with Crippen LogP contribution < -0.4 is 15.4 Å². The van der Waals surface area contributed by atoms with E-state index in [1.54, 1.807) is 12.1 Å². The monoisotopic (exact) mass is 426 g/mol. The van der Waals surface area contributed by atoms with E-state index >= 15 is 0 Å². The summed E-state index contributed by atoms with van der Waals surface area (Å²) in [6, 6.07) is 22.8. The van der Waals surface area contributed by atoms with E-state index in [9.17, 15) is 9.90 Å². The third kappa shape index (κ3) is 3.71. The third-order valence-electron chi connectivity index (χ3n) is 6.22. The van der Waals surface area contributed by atoms with Gasteiger partial charge in [0.15, 0.2) is 5.78 Å². The Hall–Kier alpha value is -3.73. The number of ketones is 1. The lowest BCUT2D eigenvalue weighted by Gasteiger charge is -2.30. The Morgan fingerprint density at radius 2 is 1.66 bits per heavy atom. The number of aromatic hydroxyl groups is 1. The van der Waals surface area contributed by atoms with E-state index in [1.807, 2.05) is 55.5 Å². The predicted octanol–water partition coefficient (Wildman–Crippen LogP) is 5.77. The first-order chi connectivity index (χ1) is 15.6. The quantitative estimate of drug-likeness (QED) is 0.494. The van der Waals surface area contributed by atoms with Crippen molar-refractivity contribution in [2.45, 2.75) is 31.7 Å². The molecule has 1 aliphatic heterocycles. The number of hydrogen-bond acceptors (Lipinski definition) is 5. The van der Waals surface area contributed by atoms with Gasteiger partial charge in [-0.25, -0.2) is 0 Å². The number of benzene rings is 3. The van der Waals surface area contributed by atoms with Crippen LogP contribution in [0.1, 0.15) is 42.9 Å². The Morgan fingerprint density at radius 1 is 0.938 bits per heavy atom. The normalized spacial score (nSPS) is 19.8. The van der Waals surface area contributed by atoms with Gasteiger partial charge in [-0.05, 0) is 55.2 Å². The van der Waals surface area contributed by atoms with Gasteiger partial charge in [-0.1, -0.05) is 42.5 Å². The molecule has 3 N–H and O–H groups in total. The smallest absolute Gasteiger partial charge is 0.163 e. The second kappa shape index (κ2) is 8.42. The molecule has 3 aromatic rings. The zero-order chi connectivity index (χ0) is 22.1. The van der Waals surface area contributed by atoms with Crippen LogP contribution in [0, 0.1) is 0 Å². The Kier molecular flexibility index (Phi) is 5.31. The zero-order valence-corrected chi connectivity index (χ0v) is 18.0. The number of phenolic OH excluding ortho intramolecular Hbond substituents is 1. The maximum Gasteiger partial charge on any atom is 0.163 e. The van der Waals surface area contributed by atoms with Gasteiger partial charge in [0.1, 0.15) is 11.5 Å². The number of anilines is 2. The fraction of sp³-hybridized carbons (Fsp3) is 0.222. The van der Waals surface area contributed by atoms with Gasteiger partial charge in [-0.3, -0.25) is 4.79 Å². The molecule has 0 saturated heterocycles. The molecule has 162 valence electrons. The molecule has 2 unspecified atom stereocenters. The summed E-state index contributed by atoms with van der Waals surface area (Å²) in [5.74, 6) is 1.19. The number of rotatable bonds is 4. The SMILES string of the molecule is CCOc1ccc(C2CC(=O)C3=C(C2)Nc2ccccc2NC3c2ccccc2O)cc1. The van der Waals surface area contributed by atoms with Crippen molar-refractivity contribution in [3.8, 4) is 11.5 Å². The first kappa shape index (κ1) is 20.2. The molecule has 5 rings (SSSR count). The molecule has 2 aliphatic rings. The van der Waals surface area contributed by atoms with E-state index in [4.69, 9.17) is 4.74 Å². The number of nitrogens with one attached hydrogen (secondary N) is 2. The lowest BCUT2D eigenvalue weighted by Crippen LogP contribution is -2.26. The van der Waals surface area contributed by atoms with Crippen molar-refractivity contribution in [2.75, 3.05) is 17.2 Å². The summed E-state index contributed by atoms with van der Waals surface area (Å²) >= 11 is 0. The highest BCUT2D eigenvalue weighted by Gasteiger charge is 2.36. The molecule has 0 bridgehead atoms. The van der Waals surface area contributed by atoms with Gasteiger partial charge in [0, 0.05) is 23.3 Å². The van der Waals surface area contributed by atoms with Gasteiger partial charge in [0.25, 0.3) is 0 Å². The number of allylic oxidation sites excluding steroid dienone is 1. The van der Waals surface area contributed by atoms with Gasteiger partial charge in [0.05, 0.1) is 24.0 Å². The van der Waals surface area contributed by atoms with Crippen LogP contribution in [-0.4, -0.2) is 17.5 Å². The van der Waals surface area contributed by atoms with E-state index in [2.05, 4.69) is 22.8 Å². The Morgan fingerprint density at radius 3 is 2.41 bits per heavy atom. The Labute approximate surface area is 187 Å². The average Bonchev–Trinajstić information content (AvgIpc) is 2.97. The van der Waals surface area contributed by atoms with E-state index in [0.29, 0.717) is 24.2 Å². The summed E-state index contributed by atoms with van der Waals surface area (Å²) in [5.41, 5.74) is 5.26. The van der Waals surface area contributed by atoms with Gasteiger partial charge in [-0.15, -0.1) is 0 Å². The summed E-state index contributed by atoms with van der Waals surface area (Å²) in [4.78, 5) is 13.5. The average molecular weight is 427 g/mol. The lowest BCUT2D eigenvalue weighted by atomic mass is 9.78. The van der Waals surface area contributed by atoms with E-state index in [0.717, 1.165) is 34.8 Å². The van der Waals surface area contributed by atoms with Crippen molar-refractivity contribution in [3.63, 3.8) is 0 Å². The number of carbonyl (C=O) groups excluding carboxylic acids is 1. The molecule has 0 fully saturated rings. The molecule has 3 aromatic carbocycles. The van der Waals surface area contributed by atoms with Crippen LogP contribution in [-0.2, 0) is 4.79 Å². The van der Waals surface area contributed by atoms with Crippen LogP contribution in [0.3, 0.4) is 0 Å². The molecule has 0 saturated carbocycles. The fourth-order valence-corrected chi connectivity index (χ4v) is 4.70. The minimum absolute atomic E-state index is 0.0831. The van der Waals surface area contributed by atoms with Crippen molar-refractivity contribution < 1.29 is 14.6 Å². The van der Waals surface area contributed by atoms with E-state index < -0.39 is 6.04 Å². The highest BCUT2D eigenvalue weighted by Crippen LogP contribution is 2.45. The summed E-state index contributed by atoms with van der Waals surface area (Å²) in [6.07, 6.45) is 1.14. The lowest BCUT2D eigenvalue weighted by molar-refractivity contribution is -0.116. The Bertz CT molecular complexity index is 1180. The molecule has 2 atom stereocenters. The number of ether oxygens (including phenoxy) is 1. The first-order valence-corrected chi connectivity index (χ1v) is 11.0. The predicted molar refractivity (Wildman–Crippen MR) is 126 cm³/mol. The van der Waals surface area contributed by atoms with Crippen LogP contribution in [0.2, 0.25) is 0 Å². The van der Waals surface area contributed by atoms with Gasteiger partial charge in [-0.2, -0.15) is 0 Å². The second-order valence-corrected chi connectivity index (χ2v) is 8.23. The molecule has 5 nitrogen and oxygen atoms in total. The molecular weight excluding hydrogens is 400 g/mol. The summed E-state index contributed by atoms with van der Waals surface area (Å²) < 4.78 is 5.56. The number of hydrogen-bond donors (Lipinski definition) is 3. The van der Waals surface area contributed by atoms with E-state index in [1.165, 1.54) is 0 Å². The maximum absolute atomic E-state index is 13.5. The first-order valence-electron chi connectivity index (χ1n) is 11.0. The van der Waals surface area contributed by atoms with Crippen LogP contribution in [0.25, 0.3) is 0 Å². The number of fused-ring (bicyclic) bond motifs is 1. The van der Waals surface area contributed by atoms with Crippen LogP contribution in [0.4, 0.5) is 11.4 Å². The second-order valence-electron chi connectivity index (χ2n) is 8.23. The van der Waals surface area contributed by atoms with Crippen molar-refractivity contribution in [2.24, 2.45) is 0 Å².